The Hall–Kier alpha value is -0.570. The molecule has 0 radical (unpaired) electrons. The van der Waals surface area contributed by atoms with E-state index in [1.54, 1.807) is 0 Å². The van der Waals surface area contributed by atoms with Gasteiger partial charge in [0.05, 0.1) is 6.10 Å². The first kappa shape index (κ1) is 17.8. The average Bonchev–Trinajstić information content (AvgIpc) is 2.52. The van der Waals surface area contributed by atoms with E-state index in [1.165, 1.54) is 17.5 Å². The molecule has 2 rings (SSSR count). The van der Waals surface area contributed by atoms with Crippen molar-refractivity contribution in [1.29, 1.82) is 0 Å². The summed E-state index contributed by atoms with van der Waals surface area (Å²) in [6.07, 6.45) is 5.25. The normalized spacial score (nSPS) is 20.8. The van der Waals surface area contributed by atoms with Gasteiger partial charge in [-0.3, -0.25) is 0 Å². The van der Waals surface area contributed by atoms with E-state index >= 15 is 0 Å². The summed E-state index contributed by atoms with van der Waals surface area (Å²) in [5.74, 6) is 0.672. The SMILES string of the molecule is CC(C)(C)c1ccc(C(CCCCl)OC2CCCCO2)cc1. The Morgan fingerprint density at radius 1 is 1.23 bits per heavy atom. The number of halogens is 1. The second kappa shape index (κ2) is 8.33. The van der Waals surface area contributed by atoms with E-state index in [0.717, 1.165) is 32.3 Å². The third-order valence-electron chi connectivity index (χ3n) is 4.20. The molecule has 0 spiro atoms. The zero-order chi connectivity index (χ0) is 16.0. The molecule has 22 heavy (non-hydrogen) atoms. The van der Waals surface area contributed by atoms with Crippen LogP contribution in [0.5, 0.6) is 0 Å². The number of benzene rings is 1. The maximum atomic E-state index is 6.22. The minimum Gasteiger partial charge on any atom is -0.353 e. The molecule has 0 aromatic heterocycles. The molecule has 1 aromatic rings. The van der Waals surface area contributed by atoms with Crippen molar-refractivity contribution in [2.24, 2.45) is 0 Å². The Bertz CT molecular complexity index is 430. The lowest BCUT2D eigenvalue weighted by Crippen LogP contribution is -2.24. The van der Waals surface area contributed by atoms with Crippen molar-refractivity contribution in [2.45, 2.75) is 70.7 Å². The third-order valence-corrected chi connectivity index (χ3v) is 4.47. The summed E-state index contributed by atoms with van der Waals surface area (Å²) in [5.41, 5.74) is 2.76. The van der Waals surface area contributed by atoms with E-state index in [0.29, 0.717) is 5.88 Å². The Kier molecular flexibility index (Phi) is 6.73. The van der Waals surface area contributed by atoms with Gasteiger partial charge in [-0.05, 0) is 48.6 Å². The molecule has 1 aliphatic heterocycles. The molecule has 0 N–H and O–H groups in total. The van der Waals surface area contributed by atoms with Crippen molar-refractivity contribution in [3.63, 3.8) is 0 Å². The molecule has 1 heterocycles. The van der Waals surface area contributed by atoms with Crippen molar-refractivity contribution < 1.29 is 9.47 Å². The van der Waals surface area contributed by atoms with Crippen molar-refractivity contribution >= 4 is 11.6 Å². The Morgan fingerprint density at radius 2 is 1.95 bits per heavy atom. The second-order valence-electron chi connectivity index (χ2n) is 7.12. The van der Waals surface area contributed by atoms with Crippen LogP contribution in [0.2, 0.25) is 0 Å². The second-order valence-corrected chi connectivity index (χ2v) is 7.50. The molecule has 1 saturated heterocycles. The van der Waals surface area contributed by atoms with Crippen LogP contribution in [0.25, 0.3) is 0 Å². The highest BCUT2D eigenvalue weighted by atomic mass is 35.5. The van der Waals surface area contributed by atoms with Crippen LogP contribution in [-0.2, 0) is 14.9 Å². The lowest BCUT2D eigenvalue weighted by atomic mass is 9.86. The van der Waals surface area contributed by atoms with Gasteiger partial charge in [0.2, 0.25) is 0 Å². The molecule has 2 atom stereocenters. The molecule has 1 aliphatic rings. The fourth-order valence-corrected chi connectivity index (χ4v) is 2.93. The minimum absolute atomic E-state index is 0.0589. The van der Waals surface area contributed by atoms with Crippen LogP contribution in [-0.4, -0.2) is 18.8 Å². The number of hydrogen-bond donors (Lipinski definition) is 0. The first-order valence-corrected chi connectivity index (χ1v) is 8.97. The Labute approximate surface area is 140 Å². The zero-order valence-electron chi connectivity index (χ0n) is 14.1. The summed E-state index contributed by atoms with van der Waals surface area (Å²) in [5, 5.41) is 0. The van der Waals surface area contributed by atoms with Crippen LogP contribution in [0.1, 0.15) is 70.1 Å². The van der Waals surface area contributed by atoms with E-state index in [-0.39, 0.29) is 17.8 Å². The van der Waals surface area contributed by atoms with Crippen molar-refractivity contribution in [2.75, 3.05) is 12.5 Å². The molecule has 0 amide bonds. The van der Waals surface area contributed by atoms with Crippen molar-refractivity contribution in [3.05, 3.63) is 35.4 Å². The van der Waals surface area contributed by atoms with Gasteiger partial charge < -0.3 is 9.47 Å². The van der Waals surface area contributed by atoms with E-state index < -0.39 is 0 Å². The van der Waals surface area contributed by atoms with Gasteiger partial charge >= 0.3 is 0 Å². The van der Waals surface area contributed by atoms with Crippen LogP contribution >= 0.6 is 11.6 Å². The van der Waals surface area contributed by atoms with Gasteiger partial charge in [0.1, 0.15) is 0 Å². The maximum absolute atomic E-state index is 6.22. The Morgan fingerprint density at radius 3 is 2.50 bits per heavy atom. The molecule has 1 fully saturated rings. The van der Waals surface area contributed by atoms with Gasteiger partial charge in [0.25, 0.3) is 0 Å². The predicted molar refractivity (Wildman–Crippen MR) is 92.5 cm³/mol. The molecule has 2 unspecified atom stereocenters. The van der Waals surface area contributed by atoms with Crippen molar-refractivity contribution in [1.82, 2.24) is 0 Å². The molecule has 3 heteroatoms. The van der Waals surface area contributed by atoms with Gasteiger partial charge in [-0.25, -0.2) is 0 Å². The van der Waals surface area contributed by atoms with E-state index in [2.05, 4.69) is 45.0 Å². The summed E-state index contributed by atoms with van der Waals surface area (Å²) >= 11 is 5.87. The lowest BCUT2D eigenvalue weighted by Gasteiger charge is -2.28. The number of rotatable bonds is 6. The minimum atomic E-state index is -0.0589. The van der Waals surface area contributed by atoms with Gasteiger partial charge in [-0.1, -0.05) is 45.0 Å². The highest BCUT2D eigenvalue weighted by molar-refractivity contribution is 6.17. The molecular formula is C19H29ClO2. The van der Waals surface area contributed by atoms with Crippen LogP contribution in [0.3, 0.4) is 0 Å². The third kappa shape index (κ3) is 5.26. The van der Waals surface area contributed by atoms with Crippen LogP contribution in [0, 0.1) is 0 Å². The highest BCUT2D eigenvalue weighted by Gasteiger charge is 2.21. The van der Waals surface area contributed by atoms with E-state index in [4.69, 9.17) is 21.1 Å². The van der Waals surface area contributed by atoms with Crippen LogP contribution < -0.4 is 0 Å². The van der Waals surface area contributed by atoms with Crippen molar-refractivity contribution in [3.8, 4) is 0 Å². The lowest BCUT2D eigenvalue weighted by molar-refractivity contribution is -0.191. The van der Waals surface area contributed by atoms with Crippen LogP contribution in [0.15, 0.2) is 24.3 Å². The molecule has 1 aromatic carbocycles. The van der Waals surface area contributed by atoms with Gasteiger partial charge in [-0.2, -0.15) is 0 Å². The van der Waals surface area contributed by atoms with E-state index in [1.807, 2.05) is 0 Å². The monoisotopic (exact) mass is 324 g/mol. The topological polar surface area (TPSA) is 18.5 Å². The molecule has 0 bridgehead atoms. The van der Waals surface area contributed by atoms with Crippen LogP contribution in [0.4, 0.5) is 0 Å². The maximum Gasteiger partial charge on any atom is 0.158 e. The fraction of sp³-hybridized carbons (Fsp3) is 0.684. The smallest absolute Gasteiger partial charge is 0.158 e. The quantitative estimate of drug-likeness (QED) is 0.635. The number of ether oxygens (including phenoxy) is 2. The average molecular weight is 325 g/mol. The number of hydrogen-bond acceptors (Lipinski definition) is 2. The van der Waals surface area contributed by atoms with Gasteiger partial charge in [-0.15, -0.1) is 11.6 Å². The first-order valence-electron chi connectivity index (χ1n) is 8.44. The zero-order valence-corrected chi connectivity index (χ0v) is 14.9. The summed E-state index contributed by atoms with van der Waals surface area (Å²) in [7, 11) is 0. The van der Waals surface area contributed by atoms with Gasteiger partial charge in [0, 0.05) is 12.5 Å². The predicted octanol–water partition coefficient (Wildman–Crippen LogP) is 5.59. The standard InChI is InChI=1S/C19H29ClO2/c1-19(2,3)16-11-9-15(10-12-16)17(7-6-13-20)22-18-8-4-5-14-21-18/h9-12,17-18H,4-8,13-14H2,1-3H3. The summed E-state index contributed by atoms with van der Waals surface area (Å²) in [4.78, 5) is 0. The largest absolute Gasteiger partial charge is 0.353 e. The summed E-state index contributed by atoms with van der Waals surface area (Å²) in [6.45, 7) is 7.52. The van der Waals surface area contributed by atoms with E-state index in [9.17, 15) is 0 Å². The highest BCUT2D eigenvalue weighted by Crippen LogP contribution is 2.30. The molecule has 124 valence electrons. The fourth-order valence-electron chi connectivity index (χ4n) is 2.78. The Balaban J connectivity index is 2.06. The summed E-state index contributed by atoms with van der Waals surface area (Å²) < 4.78 is 12.0. The van der Waals surface area contributed by atoms with Gasteiger partial charge in [0.15, 0.2) is 6.29 Å². The number of alkyl halides is 1. The molecular weight excluding hydrogens is 296 g/mol. The molecule has 0 saturated carbocycles. The summed E-state index contributed by atoms with van der Waals surface area (Å²) in [6, 6.07) is 8.83. The first-order chi connectivity index (χ1) is 10.5. The molecule has 2 nitrogen and oxygen atoms in total. The molecule has 0 aliphatic carbocycles.